The Morgan fingerprint density at radius 3 is 2.44 bits per heavy atom. The van der Waals surface area contributed by atoms with Crippen molar-refractivity contribution in [1.29, 1.82) is 0 Å². The van der Waals surface area contributed by atoms with Gasteiger partial charge in [-0.1, -0.05) is 43.6 Å². The normalized spacial score (nSPS) is 11.8. The van der Waals surface area contributed by atoms with Crippen LogP contribution in [0.2, 0.25) is 5.02 Å². The molecule has 0 radical (unpaired) electrons. The first-order chi connectivity index (χ1) is 11.9. The molecule has 0 aliphatic rings. The number of urea groups is 1. The fourth-order valence-electron chi connectivity index (χ4n) is 2.38. The number of carbonyl (C=O) groups is 1. The van der Waals surface area contributed by atoms with Crippen LogP contribution in [-0.2, 0) is 0 Å². The number of carbonyl (C=O) groups excluding carboxylic acids is 1. The monoisotopic (exact) mass is 362 g/mol. The summed E-state index contributed by atoms with van der Waals surface area (Å²) in [6.07, 6.45) is -0.492. The summed E-state index contributed by atoms with van der Waals surface area (Å²) >= 11 is 6.05. The van der Waals surface area contributed by atoms with Crippen molar-refractivity contribution >= 4 is 23.3 Å². The van der Waals surface area contributed by atoms with Crippen LogP contribution in [-0.4, -0.2) is 19.4 Å². The molecule has 2 amide bonds. The number of nitrogens with one attached hydrogen (secondary N) is 2. The molecule has 0 bridgehead atoms. The number of rotatable bonds is 6. The zero-order valence-corrected chi connectivity index (χ0v) is 15.6. The third kappa shape index (κ3) is 5.29. The summed E-state index contributed by atoms with van der Waals surface area (Å²) in [7, 11) is 1.54. The Labute approximate surface area is 153 Å². The number of hydrogen-bond acceptors (Lipinski definition) is 3. The molecule has 25 heavy (non-hydrogen) atoms. The number of hydrogen-bond donors (Lipinski definition) is 2. The van der Waals surface area contributed by atoms with Crippen LogP contribution in [0, 0.1) is 0 Å². The third-order valence-electron chi connectivity index (χ3n) is 3.59. The smallest absolute Gasteiger partial charge is 0.322 e. The van der Waals surface area contributed by atoms with Gasteiger partial charge in [0, 0.05) is 5.69 Å². The molecule has 1 atom stereocenters. The van der Waals surface area contributed by atoms with Crippen molar-refractivity contribution in [2.75, 3.05) is 12.4 Å². The molecule has 0 saturated heterocycles. The molecular weight excluding hydrogens is 340 g/mol. The molecule has 2 N–H and O–H groups in total. The summed E-state index contributed by atoms with van der Waals surface area (Å²) in [6, 6.07) is 12.4. The fourth-order valence-corrected chi connectivity index (χ4v) is 2.64. The van der Waals surface area contributed by atoms with Crippen LogP contribution in [0.1, 0.15) is 32.3 Å². The molecule has 134 valence electrons. The van der Waals surface area contributed by atoms with E-state index in [-0.39, 0.29) is 6.03 Å². The summed E-state index contributed by atoms with van der Waals surface area (Å²) in [5.74, 6) is 1.64. The van der Waals surface area contributed by atoms with Gasteiger partial charge in [-0.25, -0.2) is 4.79 Å². The molecule has 0 saturated carbocycles. The maximum atomic E-state index is 12.1. The van der Waals surface area contributed by atoms with E-state index in [4.69, 9.17) is 21.1 Å². The lowest BCUT2D eigenvalue weighted by molar-refractivity contribution is 0.181. The first-order valence-corrected chi connectivity index (χ1v) is 8.45. The van der Waals surface area contributed by atoms with Crippen LogP contribution in [0.3, 0.4) is 0 Å². The molecule has 5 nitrogen and oxygen atoms in total. The van der Waals surface area contributed by atoms with Crippen LogP contribution in [0.4, 0.5) is 10.5 Å². The van der Waals surface area contributed by atoms with Gasteiger partial charge in [-0.3, -0.25) is 0 Å². The van der Waals surface area contributed by atoms with E-state index >= 15 is 0 Å². The Morgan fingerprint density at radius 1 is 1.08 bits per heavy atom. The van der Waals surface area contributed by atoms with Gasteiger partial charge >= 0.3 is 6.03 Å². The van der Waals surface area contributed by atoms with Crippen LogP contribution < -0.4 is 20.1 Å². The predicted molar refractivity (Wildman–Crippen MR) is 101 cm³/mol. The second-order valence-corrected chi connectivity index (χ2v) is 6.31. The second kappa shape index (κ2) is 8.62. The minimum absolute atomic E-state index is 0.332. The predicted octanol–water partition coefficient (Wildman–Crippen LogP) is 5.02. The summed E-state index contributed by atoms with van der Waals surface area (Å²) in [5, 5.41) is 5.89. The van der Waals surface area contributed by atoms with Crippen LogP contribution in [0.5, 0.6) is 11.5 Å². The van der Waals surface area contributed by atoms with Gasteiger partial charge in [-0.15, -0.1) is 0 Å². The lowest BCUT2D eigenvalue weighted by atomic mass is 10.0. The number of amides is 2. The van der Waals surface area contributed by atoms with E-state index in [9.17, 15) is 4.79 Å². The largest absolute Gasteiger partial charge is 0.495 e. The van der Waals surface area contributed by atoms with Gasteiger partial charge in [0.2, 0.25) is 0 Å². The highest BCUT2D eigenvalue weighted by Crippen LogP contribution is 2.28. The van der Waals surface area contributed by atoms with Crippen molar-refractivity contribution in [2.45, 2.75) is 32.9 Å². The van der Waals surface area contributed by atoms with Gasteiger partial charge in [0.25, 0.3) is 0 Å². The van der Waals surface area contributed by atoms with Crippen molar-refractivity contribution in [3.63, 3.8) is 0 Å². The quantitative estimate of drug-likeness (QED) is 0.709. The molecule has 6 heteroatoms. The Balaban J connectivity index is 1.95. The standard InChI is InChI=1S/C19H23ClN2O3/c1-12(2)15-7-5-6-8-17(15)25-13(3)21-19(23)22-14-9-10-18(24-4)16(20)11-14/h5-13H,1-4H3,(H2,21,22,23). The zero-order chi connectivity index (χ0) is 18.4. The highest BCUT2D eigenvalue weighted by atomic mass is 35.5. The third-order valence-corrected chi connectivity index (χ3v) is 3.88. The Hall–Kier alpha value is -2.40. The average Bonchev–Trinajstić information content (AvgIpc) is 2.55. The van der Waals surface area contributed by atoms with Gasteiger partial charge in [-0.05, 0) is 42.7 Å². The number of ether oxygens (including phenoxy) is 2. The molecule has 0 fully saturated rings. The van der Waals surface area contributed by atoms with E-state index in [2.05, 4.69) is 24.5 Å². The molecule has 2 rings (SSSR count). The van der Waals surface area contributed by atoms with Crippen molar-refractivity contribution in [3.8, 4) is 11.5 Å². The maximum absolute atomic E-state index is 12.1. The zero-order valence-electron chi connectivity index (χ0n) is 14.8. The van der Waals surface area contributed by atoms with E-state index in [1.165, 1.54) is 7.11 Å². The number of halogens is 1. The van der Waals surface area contributed by atoms with Crippen LogP contribution in [0.25, 0.3) is 0 Å². The molecule has 0 aliphatic carbocycles. The van der Waals surface area contributed by atoms with E-state index in [1.807, 2.05) is 24.3 Å². The molecule has 1 unspecified atom stereocenters. The number of anilines is 1. The SMILES string of the molecule is COc1ccc(NC(=O)NC(C)Oc2ccccc2C(C)C)cc1Cl. The summed E-state index contributed by atoms with van der Waals surface area (Å²) in [6.45, 7) is 5.97. The van der Waals surface area contributed by atoms with Gasteiger partial charge < -0.3 is 20.1 Å². The minimum Gasteiger partial charge on any atom is -0.495 e. The highest BCUT2D eigenvalue weighted by molar-refractivity contribution is 6.32. The maximum Gasteiger partial charge on any atom is 0.322 e. The second-order valence-electron chi connectivity index (χ2n) is 5.90. The molecule has 0 aliphatic heterocycles. The van der Waals surface area contributed by atoms with Gasteiger partial charge in [0.1, 0.15) is 11.5 Å². The highest BCUT2D eigenvalue weighted by Gasteiger charge is 2.13. The van der Waals surface area contributed by atoms with Gasteiger partial charge in [0.15, 0.2) is 6.23 Å². The first-order valence-electron chi connectivity index (χ1n) is 8.07. The van der Waals surface area contributed by atoms with E-state index < -0.39 is 6.23 Å². The van der Waals surface area contributed by atoms with E-state index in [0.29, 0.717) is 22.4 Å². The summed E-state index contributed by atoms with van der Waals surface area (Å²) in [4.78, 5) is 12.1. The lowest BCUT2D eigenvalue weighted by Gasteiger charge is -2.20. The van der Waals surface area contributed by atoms with Crippen molar-refractivity contribution < 1.29 is 14.3 Å². The van der Waals surface area contributed by atoms with E-state index in [0.717, 1.165) is 11.3 Å². The fraction of sp³-hybridized carbons (Fsp3) is 0.316. The summed E-state index contributed by atoms with van der Waals surface area (Å²) in [5.41, 5.74) is 1.66. The summed E-state index contributed by atoms with van der Waals surface area (Å²) < 4.78 is 10.9. The van der Waals surface area contributed by atoms with Crippen molar-refractivity contribution in [2.24, 2.45) is 0 Å². The van der Waals surface area contributed by atoms with E-state index in [1.54, 1.807) is 25.1 Å². The average molecular weight is 363 g/mol. The Morgan fingerprint density at radius 2 is 1.80 bits per heavy atom. The lowest BCUT2D eigenvalue weighted by Crippen LogP contribution is -2.39. The molecule has 0 heterocycles. The number of para-hydroxylation sites is 1. The van der Waals surface area contributed by atoms with Crippen molar-refractivity contribution in [3.05, 3.63) is 53.1 Å². The number of methoxy groups -OCH3 is 1. The van der Waals surface area contributed by atoms with Gasteiger partial charge in [0.05, 0.1) is 12.1 Å². The molecular formula is C19H23ClN2O3. The Bertz CT molecular complexity index is 734. The van der Waals surface area contributed by atoms with Gasteiger partial charge in [-0.2, -0.15) is 0 Å². The minimum atomic E-state index is -0.492. The molecule has 0 aromatic heterocycles. The van der Waals surface area contributed by atoms with Crippen molar-refractivity contribution in [1.82, 2.24) is 5.32 Å². The molecule has 2 aromatic rings. The molecule has 2 aromatic carbocycles. The Kier molecular flexibility index (Phi) is 6.53. The first kappa shape index (κ1) is 18.9. The van der Waals surface area contributed by atoms with Crippen LogP contribution >= 0.6 is 11.6 Å². The topological polar surface area (TPSA) is 59.6 Å². The van der Waals surface area contributed by atoms with Crippen LogP contribution in [0.15, 0.2) is 42.5 Å². The molecule has 0 spiro atoms. The number of benzene rings is 2.